The van der Waals surface area contributed by atoms with E-state index in [2.05, 4.69) is 5.32 Å². The van der Waals surface area contributed by atoms with Crippen molar-refractivity contribution in [2.75, 3.05) is 20.3 Å². The minimum atomic E-state index is -0.332. The van der Waals surface area contributed by atoms with Crippen LogP contribution in [-0.4, -0.2) is 48.9 Å². The molecule has 1 fully saturated rings. The second-order valence-electron chi connectivity index (χ2n) is 6.32. The van der Waals surface area contributed by atoms with Crippen LogP contribution in [0.5, 0.6) is 0 Å². The van der Waals surface area contributed by atoms with Gasteiger partial charge in [0.25, 0.3) is 17.7 Å². The fraction of sp³-hybridized carbons (Fsp3) is 0.500. The van der Waals surface area contributed by atoms with E-state index in [1.165, 1.54) is 11.0 Å². The molecule has 0 bridgehead atoms. The Labute approximate surface area is 141 Å². The molecule has 1 heterocycles. The Balaban J connectivity index is 1.73. The molecule has 1 aliphatic heterocycles. The first kappa shape index (κ1) is 16.6. The van der Waals surface area contributed by atoms with Gasteiger partial charge in [0, 0.05) is 31.9 Å². The molecular formula is C18H22N2O4. The first-order valence-electron chi connectivity index (χ1n) is 8.42. The van der Waals surface area contributed by atoms with E-state index in [0.29, 0.717) is 36.3 Å². The smallest absolute Gasteiger partial charge is 0.261 e. The van der Waals surface area contributed by atoms with E-state index in [1.54, 1.807) is 19.2 Å². The predicted molar refractivity (Wildman–Crippen MR) is 88.0 cm³/mol. The summed E-state index contributed by atoms with van der Waals surface area (Å²) in [4.78, 5) is 38.3. The highest BCUT2D eigenvalue weighted by molar-refractivity contribution is 6.22. The second-order valence-corrected chi connectivity index (χ2v) is 6.32. The van der Waals surface area contributed by atoms with Gasteiger partial charge in [0.05, 0.1) is 11.1 Å². The van der Waals surface area contributed by atoms with Gasteiger partial charge in [-0.1, -0.05) is 12.8 Å². The van der Waals surface area contributed by atoms with E-state index in [0.717, 1.165) is 25.7 Å². The maximum Gasteiger partial charge on any atom is 0.261 e. The lowest BCUT2D eigenvalue weighted by Crippen LogP contribution is -2.32. The zero-order valence-corrected chi connectivity index (χ0v) is 13.8. The lowest BCUT2D eigenvalue weighted by Gasteiger charge is -2.13. The number of carbonyl (C=O) groups is 3. The van der Waals surface area contributed by atoms with E-state index in [-0.39, 0.29) is 23.8 Å². The summed E-state index contributed by atoms with van der Waals surface area (Å²) in [7, 11) is 1.58. The van der Waals surface area contributed by atoms with Gasteiger partial charge in [-0.3, -0.25) is 19.3 Å². The van der Waals surface area contributed by atoms with Crippen molar-refractivity contribution >= 4 is 17.7 Å². The maximum absolute atomic E-state index is 12.5. The van der Waals surface area contributed by atoms with Crippen LogP contribution in [0.15, 0.2) is 18.2 Å². The summed E-state index contributed by atoms with van der Waals surface area (Å²) in [5.41, 5.74) is 1.12. The summed E-state index contributed by atoms with van der Waals surface area (Å²) in [6, 6.07) is 4.95. The van der Waals surface area contributed by atoms with E-state index in [4.69, 9.17) is 4.74 Å². The van der Waals surface area contributed by atoms with Crippen LogP contribution in [0.4, 0.5) is 0 Å². The molecule has 0 saturated heterocycles. The average molecular weight is 330 g/mol. The zero-order chi connectivity index (χ0) is 17.1. The van der Waals surface area contributed by atoms with Gasteiger partial charge in [0.1, 0.15) is 0 Å². The molecule has 1 aromatic carbocycles. The Morgan fingerprint density at radius 2 is 1.92 bits per heavy atom. The van der Waals surface area contributed by atoms with E-state index in [9.17, 15) is 14.4 Å². The lowest BCUT2D eigenvalue weighted by molar-refractivity contribution is 0.0638. The number of benzene rings is 1. The minimum Gasteiger partial charge on any atom is -0.385 e. The van der Waals surface area contributed by atoms with Crippen LogP contribution in [0.1, 0.15) is 63.2 Å². The van der Waals surface area contributed by atoms with Gasteiger partial charge in [-0.25, -0.2) is 0 Å². The Morgan fingerprint density at radius 1 is 1.21 bits per heavy atom. The van der Waals surface area contributed by atoms with Crippen LogP contribution in [0.25, 0.3) is 0 Å². The van der Waals surface area contributed by atoms with E-state index >= 15 is 0 Å². The molecule has 0 atom stereocenters. The van der Waals surface area contributed by atoms with Gasteiger partial charge in [-0.05, 0) is 37.5 Å². The summed E-state index contributed by atoms with van der Waals surface area (Å²) in [6.45, 7) is 0.812. The highest BCUT2D eigenvalue weighted by Gasteiger charge is 2.35. The molecule has 0 aromatic heterocycles. The lowest BCUT2D eigenvalue weighted by atomic mass is 10.0. The molecule has 24 heavy (non-hydrogen) atoms. The average Bonchev–Trinajstić information content (AvgIpc) is 3.17. The summed E-state index contributed by atoms with van der Waals surface area (Å²) in [6.07, 6.45) is 4.87. The number of hydrogen-bond donors (Lipinski definition) is 1. The number of rotatable bonds is 6. The molecule has 6 nitrogen and oxygen atoms in total. The molecule has 0 radical (unpaired) electrons. The molecular weight excluding hydrogens is 308 g/mol. The molecule has 1 saturated carbocycles. The van der Waals surface area contributed by atoms with Crippen molar-refractivity contribution in [3.8, 4) is 0 Å². The third-order valence-electron chi connectivity index (χ3n) is 4.65. The number of amides is 3. The SMILES string of the molecule is COCCCN1C(=O)c2ccc(C(=O)NC3CCCC3)cc2C1=O. The summed E-state index contributed by atoms with van der Waals surface area (Å²) in [5, 5.41) is 3.00. The van der Waals surface area contributed by atoms with Crippen molar-refractivity contribution in [1.82, 2.24) is 10.2 Å². The van der Waals surface area contributed by atoms with Crippen molar-refractivity contribution in [2.45, 2.75) is 38.1 Å². The third-order valence-corrected chi connectivity index (χ3v) is 4.65. The van der Waals surface area contributed by atoms with Gasteiger partial charge < -0.3 is 10.1 Å². The molecule has 1 aromatic rings. The molecule has 1 N–H and O–H groups in total. The highest BCUT2D eigenvalue weighted by Crippen LogP contribution is 2.25. The standard InChI is InChI=1S/C18H22N2O4/c1-24-10-4-9-20-17(22)14-8-7-12(11-15(14)18(20)23)16(21)19-13-5-2-3-6-13/h7-8,11,13H,2-6,9-10H2,1H3,(H,19,21). The summed E-state index contributed by atoms with van der Waals surface area (Å²) in [5.74, 6) is -0.807. The Hall–Kier alpha value is -2.21. The molecule has 128 valence electrons. The zero-order valence-electron chi connectivity index (χ0n) is 13.8. The molecule has 0 spiro atoms. The maximum atomic E-state index is 12.5. The molecule has 0 unspecified atom stereocenters. The largest absolute Gasteiger partial charge is 0.385 e. The van der Waals surface area contributed by atoms with Crippen LogP contribution in [-0.2, 0) is 4.74 Å². The van der Waals surface area contributed by atoms with Crippen molar-refractivity contribution in [3.63, 3.8) is 0 Å². The van der Waals surface area contributed by atoms with Gasteiger partial charge in [-0.15, -0.1) is 0 Å². The predicted octanol–water partition coefficient (Wildman–Crippen LogP) is 1.99. The van der Waals surface area contributed by atoms with Gasteiger partial charge >= 0.3 is 0 Å². The van der Waals surface area contributed by atoms with Crippen LogP contribution in [0.2, 0.25) is 0 Å². The highest BCUT2D eigenvalue weighted by atomic mass is 16.5. The number of ether oxygens (including phenoxy) is 1. The second kappa shape index (κ2) is 7.13. The molecule has 1 aliphatic carbocycles. The van der Waals surface area contributed by atoms with Crippen molar-refractivity contribution in [1.29, 1.82) is 0 Å². The van der Waals surface area contributed by atoms with Crippen molar-refractivity contribution in [2.24, 2.45) is 0 Å². The number of fused-ring (bicyclic) bond motifs is 1. The van der Waals surface area contributed by atoms with Gasteiger partial charge in [-0.2, -0.15) is 0 Å². The van der Waals surface area contributed by atoms with Crippen LogP contribution in [0, 0.1) is 0 Å². The number of nitrogens with one attached hydrogen (secondary N) is 1. The number of methoxy groups -OCH3 is 1. The van der Waals surface area contributed by atoms with Crippen LogP contribution in [0.3, 0.4) is 0 Å². The molecule has 3 amide bonds. The monoisotopic (exact) mass is 330 g/mol. The van der Waals surface area contributed by atoms with E-state index < -0.39 is 0 Å². The molecule has 6 heteroatoms. The van der Waals surface area contributed by atoms with Crippen LogP contribution >= 0.6 is 0 Å². The Morgan fingerprint density at radius 3 is 2.62 bits per heavy atom. The van der Waals surface area contributed by atoms with Gasteiger partial charge in [0.2, 0.25) is 0 Å². The Kier molecular flexibility index (Phi) is 4.94. The van der Waals surface area contributed by atoms with Gasteiger partial charge in [0.15, 0.2) is 0 Å². The summed E-state index contributed by atoms with van der Waals surface area (Å²) >= 11 is 0. The molecule has 3 rings (SSSR count). The minimum absolute atomic E-state index is 0.178. The van der Waals surface area contributed by atoms with Crippen LogP contribution < -0.4 is 5.32 Å². The number of imide groups is 1. The normalized spacial score (nSPS) is 17.5. The first-order chi connectivity index (χ1) is 11.6. The topological polar surface area (TPSA) is 75.7 Å². The summed E-state index contributed by atoms with van der Waals surface area (Å²) < 4.78 is 4.96. The first-order valence-corrected chi connectivity index (χ1v) is 8.42. The van der Waals surface area contributed by atoms with Crippen molar-refractivity contribution < 1.29 is 19.1 Å². The quantitative estimate of drug-likeness (QED) is 0.639. The molecule has 2 aliphatic rings. The Bertz CT molecular complexity index is 665. The number of nitrogens with zero attached hydrogens (tertiary/aromatic N) is 1. The number of hydrogen-bond acceptors (Lipinski definition) is 4. The fourth-order valence-electron chi connectivity index (χ4n) is 3.34. The third kappa shape index (κ3) is 3.19. The fourth-order valence-corrected chi connectivity index (χ4v) is 3.34. The number of carbonyl (C=O) groups excluding carboxylic acids is 3. The van der Waals surface area contributed by atoms with Crippen molar-refractivity contribution in [3.05, 3.63) is 34.9 Å². The van der Waals surface area contributed by atoms with E-state index in [1.807, 2.05) is 0 Å².